The first-order chi connectivity index (χ1) is 9.58. The third kappa shape index (κ3) is 3.84. The second kappa shape index (κ2) is 6.56. The van der Waals surface area contributed by atoms with E-state index < -0.39 is 0 Å². The van der Waals surface area contributed by atoms with Crippen LogP contribution in [0.5, 0.6) is 5.75 Å². The SMILES string of the molecule is CCn1cc(OCC(=O)Nc2ccc(C)cc2Br)cn1. The number of ether oxygens (including phenoxy) is 1. The summed E-state index contributed by atoms with van der Waals surface area (Å²) >= 11 is 3.42. The van der Waals surface area contributed by atoms with Crippen LogP contribution in [0.15, 0.2) is 35.1 Å². The average molecular weight is 338 g/mol. The number of amides is 1. The van der Waals surface area contributed by atoms with Gasteiger partial charge in [0.15, 0.2) is 12.4 Å². The number of halogens is 1. The maximum Gasteiger partial charge on any atom is 0.262 e. The molecular formula is C14H16BrN3O2. The van der Waals surface area contributed by atoms with Gasteiger partial charge >= 0.3 is 0 Å². The van der Waals surface area contributed by atoms with Crippen molar-refractivity contribution in [2.45, 2.75) is 20.4 Å². The molecule has 1 heterocycles. The number of nitrogens with zero attached hydrogens (tertiary/aromatic N) is 2. The van der Waals surface area contributed by atoms with Crippen molar-refractivity contribution < 1.29 is 9.53 Å². The van der Waals surface area contributed by atoms with Gasteiger partial charge in [0.1, 0.15) is 0 Å². The summed E-state index contributed by atoms with van der Waals surface area (Å²) in [5.74, 6) is 0.378. The van der Waals surface area contributed by atoms with E-state index in [2.05, 4.69) is 26.3 Å². The number of carbonyl (C=O) groups excluding carboxylic acids is 1. The molecule has 0 fully saturated rings. The lowest BCUT2D eigenvalue weighted by molar-refractivity contribution is -0.118. The van der Waals surface area contributed by atoms with Crippen LogP contribution in [0, 0.1) is 6.92 Å². The molecule has 0 aliphatic rings. The van der Waals surface area contributed by atoms with E-state index in [4.69, 9.17) is 4.74 Å². The van der Waals surface area contributed by atoms with Gasteiger partial charge in [-0.2, -0.15) is 5.10 Å². The molecule has 0 radical (unpaired) electrons. The van der Waals surface area contributed by atoms with Gasteiger partial charge < -0.3 is 10.1 Å². The van der Waals surface area contributed by atoms with Gasteiger partial charge in [-0.3, -0.25) is 9.48 Å². The monoisotopic (exact) mass is 337 g/mol. The van der Waals surface area contributed by atoms with Gasteiger partial charge in [0, 0.05) is 11.0 Å². The first kappa shape index (κ1) is 14.6. The van der Waals surface area contributed by atoms with Crippen LogP contribution in [0.2, 0.25) is 0 Å². The highest BCUT2D eigenvalue weighted by Gasteiger charge is 2.07. The molecule has 0 saturated carbocycles. The van der Waals surface area contributed by atoms with Gasteiger partial charge in [-0.1, -0.05) is 6.07 Å². The number of hydrogen-bond acceptors (Lipinski definition) is 3. The van der Waals surface area contributed by atoms with Crippen LogP contribution in [-0.4, -0.2) is 22.3 Å². The Bertz CT molecular complexity index is 610. The molecule has 0 bridgehead atoms. The molecule has 1 aromatic carbocycles. The quantitative estimate of drug-likeness (QED) is 0.912. The fourth-order valence-corrected chi connectivity index (χ4v) is 2.24. The molecule has 1 aromatic heterocycles. The maximum atomic E-state index is 11.8. The van der Waals surface area contributed by atoms with Gasteiger partial charge in [0.05, 0.1) is 18.1 Å². The minimum Gasteiger partial charge on any atom is -0.480 e. The largest absolute Gasteiger partial charge is 0.480 e. The van der Waals surface area contributed by atoms with Crippen molar-refractivity contribution in [1.29, 1.82) is 0 Å². The number of aromatic nitrogens is 2. The molecule has 2 rings (SSSR count). The summed E-state index contributed by atoms with van der Waals surface area (Å²) in [5, 5.41) is 6.86. The zero-order valence-electron chi connectivity index (χ0n) is 11.4. The number of rotatable bonds is 5. The fraction of sp³-hybridized carbons (Fsp3) is 0.286. The van der Waals surface area contributed by atoms with E-state index in [9.17, 15) is 4.79 Å². The molecule has 106 valence electrons. The smallest absolute Gasteiger partial charge is 0.262 e. The number of hydrogen-bond donors (Lipinski definition) is 1. The van der Waals surface area contributed by atoms with Crippen molar-refractivity contribution >= 4 is 27.5 Å². The Morgan fingerprint density at radius 3 is 2.95 bits per heavy atom. The van der Waals surface area contributed by atoms with Crippen molar-refractivity contribution in [3.05, 3.63) is 40.6 Å². The molecule has 6 heteroatoms. The van der Waals surface area contributed by atoms with Crippen molar-refractivity contribution in [3.63, 3.8) is 0 Å². The summed E-state index contributed by atoms with van der Waals surface area (Å²) in [7, 11) is 0. The van der Waals surface area contributed by atoms with E-state index in [0.717, 1.165) is 22.3 Å². The van der Waals surface area contributed by atoms with Crippen LogP contribution < -0.4 is 10.1 Å². The summed E-state index contributed by atoms with van der Waals surface area (Å²) in [4.78, 5) is 11.8. The van der Waals surface area contributed by atoms with Crippen LogP contribution in [0.1, 0.15) is 12.5 Å². The normalized spacial score (nSPS) is 10.3. The lowest BCUT2D eigenvalue weighted by atomic mass is 10.2. The van der Waals surface area contributed by atoms with E-state index in [0.29, 0.717) is 5.75 Å². The molecule has 0 spiro atoms. The molecular weight excluding hydrogens is 322 g/mol. The molecule has 0 aliphatic heterocycles. The third-order valence-corrected chi connectivity index (χ3v) is 3.36. The second-order valence-electron chi connectivity index (χ2n) is 4.35. The standard InChI is InChI=1S/C14H16BrN3O2/c1-3-18-8-11(7-16-18)20-9-14(19)17-13-5-4-10(2)6-12(13)15/h4-8H,3,9H2,1-2H3,(H,17,19). The first-order valence-corrected chi connectivity index (χ1v) is 7.09. The Morgan fingerprint density at radius 2 is 2.30 bits per heavy atom. The van der Waals surface area contributed by atoms with E-state index in [1.807, 2.05) is 32.0 Å². The molecule has 2 aromatic rings. The van der Waals surface area contributed by atoms with E-state index in [1.54, 1.807) is 17.1 Å². The minimum absolute atomic E-state index is 0.0459. The van der Waals surface area contributed by atoms with Gasteiger partial charge in [-0.25, -0.2) is 0 Å². The molecule has 0 unspecified atom stereocenters. The van der Waals surface area contributed by atoms with Crippen LogP contribution in [-0.2, 0) is 11.3 Å². The van der Waals surface area contributed by atoms with Gasteiger partial charge in [-0.05, 0) is 47.5 Å². The predicted octanol–water partition coefficient (Wildman–Crippen LogP) is 2.99. The van der Waals surface area contributed by atoms with Crippen molar-refractivity contribution in [2.24, 2.45) is 0 Å². The highest BCUT2D eigenvalue weighted by molar-refractivity contribution is 9.10. The van der Waals surface area contributed by atoms with E-state index in [-0.39, 0.29) is 12.5 Å². The Morgan fingerprint density at radius 1 is 1.50 bits per heavy atom. The highest BCUT2D eigenvalue weighted by atomic mass is 79.9. The van der Waals surface area contributed by atoms with Crippen LogP contribution in [0.4, 0.5) is 5.69 Å². The fourth-order valence-electron chi connectivity index (χ4n) is 1.65. The molecule has 0 saturated heterocycles. The average Bonchev–Trinajstić information content (AvgIpc) is 2.88. The van der Waals surface area contributed by atoms with Crippen LogP contribution in [0.3, 0.4) is 0 Å². The minimum atomic E-state index is -0.209. The van der Waals surface area contributed by atoms with Crippen LogP contribution in [0.25, 0.3) is 0 Å². The molecule has 1 amide bonds. The lowest BCUT2D eigenvalue weighted by Crippen LogP contribution is -2.20. The van der Waals surface area contributed by atoms with E-state index >= 15 is 0 Å². The van der Waals surface area contributed by atoms with Gasteiger partial charge in [0.2, 0.25) is 0 Å². The van der Waals surface area contributed by atoms with Gasteiger partial charge in [0.25, 0.3) is 5.91 Å². The Labute approximate surface area is 126 Å². The summed E-state index contributed by atoms with van der Waals surface area (Å²) in [5.41, 5.74) is 1.85. The zero-order chi connectivity index (χ0) is 14.5. The van der Waals surface area contributed by atoms with Crippen LogP contribution >= 0.6 is 15.9 Å². The molecule has 0 aliphatic carbocycles. The summed E-state index contributed by atoms with van der Waals surface area (Å²) in [6.45, 7) is 4.70. The van der Waals surface area contributed by atoms with Crippen molar-refractivity contribution in [2.75, 3.05) is 11.9 Å². The zero-order valence-corrected chi connectivity index (χ0v) is 13.0. The van der Waals surface area contributed by atoms with Crippen molar-refractivity contribution in [1.82, 2.24) is 9.78 Å². The van der Waals surface area contributed by atoms with Crippen molar-refractivity contribution in [3.8, 4) is 5.75 Å². The molecule has 5 nitrogen and oxygen atoms in total. The summed E-state index contributed by atoms with van der Waals surface area (Å²) < 4.78 is 7.97. The number of nitrogens with one attached hydrogen (secondary N) is 1. The second-order valence-corrected chi connectivity index (χ2v) is 5.21. The summed E-state index contributed by atoms with van der Waals surface area (Å²) in [6, 6.07) is 5.74. The van der Waals surface area contributed by atoms with Gasteiger partial charge in [-0.15, -0.1) is 0 Å². The first-order valence-electron chi connectivity index (χ1n) is 6.29. The van der Waals surface area contributed by atoms with E-state index in [1.165, 1.54) is 0 Å². The molecule has 0 atom stereocenters. The Kier molecular flexibility index (Phi) is 4.79. The number of aryl methyl sites for hydroxylation is 2. The third-order valence-electron chi connectivity index (χ3n) is 2.70. The summed E-state index contributed by atoms with van der Waals surface area (Å²) in [6.07, 6.45) is 3.35. The number of benzene rings is 1. The highest BCUT2D eigenvalue weighted by Crippen LogP contribution is 2.23. The number of carbonyl (C=O) groups is 1. The molecule has 1 N–H and O–H groups in total. The number of anilines is 1. The Hall–Kier alpha value is -1.82. The predicted molar refractivity (Wildman–Crippen MR) is 80.9 cm³/mol. The molecule has 20 heavy (non-hydrogen) atoms. The maximum absolute atomic E-state index is 11.8. The topological polar surface area (TPSA) is 56.1 Å². The lowest BCUT2D eigenvalue weighted by Gasteiger charge is -2.08. The Balaban J connectivity index is 1.89.